The first-order valence-corrected chi connectivity index (χ1v) is 10.7. The first kappa shape index (κ1) is 21.9. The van der Waals surface area contributed by atoms with Crippen LogP contribution < -0.4 is 0 Å². The van der Waals surface area contributed by atoms with Crippen molar-refractivity contribution in [3.05, 3.63) is 130 Å². The van der Waals surface area contributed by atoms with Gasteiger partial charge in [-0.3, -0.25) is 0 Å². The Kier molecular flexibility index (Phi) is 7.15. The van der Waals surface area contributed by atoms with E-state index in [0.29, 0.717) is 11.4 Å². The molecule has 0 radical (unpaired) electrons. The summed E-state index contributed by atoms with van der Waals surface area (Å²) in [4.78, 5) is 27.9. The van der Waals surface area contributed by atoms with Crippen LogP contribution in [0.25, 0.3) is 0 Å². The smallest absolute Gasteiger partial charge is 0.211 e. The summed E-state index contributed by atoms with van der Waals surface area (Å²) in [6, 6.07) is 32.6. The third kappa shape index (κ3) is 6.32. The Bertz CT molecular complexity index is 1190. The fourth-order valence-electron chi connectivity index (χ4n) is 3.74. The van der Waals surface area contributed by atoms with Crippen LogP contribution in [0.5, 0.6) is 0 Å². The molecule has 0 aliphatic rings. The highest BCUT2D eigenvalue weighted by molar-refractivity contribution is 5.50. The molecule has 0 aromatic heterocycles. The lowest BCUT2D eigenvalue weighted by Crippen LogP contribution is -1.93. The number of benzene rings is 4. The van der Waals surface area contributed by atoms with Crippen molar-refractivity contribution >= 4 is 23.5 Å². The van der Waals surface area contributed by atoms with Gasteiger partial charge in [0, 0.05) is 0 Å². The fourth-order valence-corrected chi connectivity index (χ4v) is 3.74. The zero-order valence-electron chi connectivity index (χ0n) is 18.1. The number of hydrogen-bond acceptors (Lipinski definition) is 4. The lowest BCUT2D eigenvalue weighted by atomic mass is 9.98. The van der Waals surface area contributed by atoms with Gasteiger partial charge in [-0.05, 0) is 76.9 Å². The number of nitrogens with zero attached hydrogens (tertiary/aromatic N) is 2. The molecule has 4 rings (SSSR count). The summed E-state index contributed by atoms with van der Waals surface area (Å²) in [5, 5.41) is 0. The van der Waals surface area contributed by atoms with Crippen molar-refractivity contribution in [2.24, 2.45) is 9.98 Å². The van der Waals surface area contributed by atoms with E-state index in [0.717, 1.165) is 19.3 Å². The Hall–Kier alpha value is -4.36. The van der Waals surface area contributed by atoms with Crippen LogP contribution in [0.2, 0.25) is 0 Å². The quantitative estimate of drug-likeness (QED) is 0.240. The maximum Gasteiger partial charge on any atom is 0.240 e. The first-order valence-electron chi connectivity index (χ1n) is 10.7. The Morgan fingerprint density at radius 2 is 0.606 bits per heavy atom. The van der Waals surface area contributed by atoms with Crippen LogP contribution in [0.15, 0.2) is 107 Å². The predicted molar refractivity (Wildman–Crippen MR) is 130 cm³/mol. The number of aliphatic imine (C=N–C) groups is 2. The van der Waals surface area contributed by atoms with Gasteiger partial charge in [0.05, 0.1) is 11.4 Å². The minimum absolute atomic E-state index is 0.623. The molecule has 4 aromatic rings. The molecule has 0 spiro atoms. The second kappa shape index (κ2) is 10.8. The molecular weight excluding hydrogens is 408 g/mol. The minimum atomic E-state index is 0.623. The van der Waals surface area contributed by atoms with Gasteiger partial charge in [-0.15, -0.1) is 0 Å². The standard InChI is InChI=1S/C29H22N2O2/c32-20-30-28-13-9-26(10-14-28)18-24-5-1-22(2-6-24)17-23-3-7-25(8-4-23)19-27-11-15-29(16-12-27)31-21-33/h1-16H,17-19H2. The minimum Gasteiger partial charge on any atom is -0.211 e. The molecule has 33 heavy (non-hydrogen) atoms. The van der Waals surface area contributed by atoms with Crippen LogP contribution in [0, 0.1) is 0 Å². The SMILES string of the molecule is O=C=Nc1ccc(Cc2ccc(Cc3ccc(Cc4ccc(N=C=O)cc4)cc3)cc2)cc1. The topological polar surface area (TPSA) is 58.9 Å². The highest BCUT2D eigenvalue weighted by atomic mass is 16.1. The summed E-state index contributed by atoms with van der Waals surface area (Å²) in [6.07, 6.45) is 5.68. The van der Waals surface area contributed by atoms with E-state index in [1.807, 2.05) is 48.5 Å². The first-order chi connectivity index (χ1) is 16.2. The molecule has 0 heterocycles. The van der Waals surface area contributed by atoms with Crippen LogP contribution in [-0.2, 0) is 28.9 Å². The number of rotatable bonds is 8. The summed E-state index contributed by atoms with van der Waals surface area (Å²) in [5.74, 6) is 0. The number of hydrogen-bond donors (Lipinski definition) is 0. The third-order valence-electron chi connectivity index (χ3n) is 5.49. The molecule has 0 amide bonds. The van der Waals surface area contributed by atoms with E-state index in [1.165, 1.54) is 33.4 Å². The van der Waals surface area contributed by atoms with Gasteiger partial charge < -0.3 is 0 Å². The van der Waals surface area contributed by atoms with Gasteiger partial charge >= 0.3 is 0 Å². The molecule has 0 unspecified atom stereocenters. The molecular formula is C29H22N2O2. The zero-order chi connectivity index (χ0) is 22.9. The fraction of sp³-hybridized carbons (Fsp3) is 0.103. The molecule has 0 atom stereocenters. The molecule has 0 aliphatic heterocycles. The van der Waals surface area contributed by atoms with E-state index in [4.69, 9.17) is 0 Å². The molecule has 0 fully saturated rings. The van der Waals surface area contributed by atoms with Gasteiger partial charge in [0.1, 0.15) is 0 Å². The van der Waals surface area contributed by atoms with Crippen LogP contribution >= 0.6 is 0 Å². The van der Waals surface area contributed by atoms with E-state index in [-0.39, 0.29) is 0 Å². The molecule has 0 saturated heterocycles. The summed E-state index contributed by atoms with van der Waals surface area (Å²) >= 11 is 0. The molecule has 4 nitrogen and oxygen atoms in total. The van der Waals surface area contributed by atoms with Crippen molar-refractivity contribution < 1.29 is 9.59 Å². The van der Waals surface area contributed by atoms with Crippen molar-refractivity contribution in [2.75, 3.05) is 0 Å². The largest absolute Gasteiger partial charge is 0.240 e. The zero-order valence-corrected chi connectivity index (χ0v) is 18.1. The van der Waals surface area contributed by atoms with Gasteiger partial charge in [-0.2, -0.15) is 9.98 Å². The van der Waals surface area contributed by atoms with Crippen molar-refractivity contribution in [1.29, 1.82) is 0 Å². The van der Waals surface area contributed by atoms with E-state index < -0.39 is 0 Å². The highest BCUT2D eigenvalue weighted by Gasteiger charge is 2.02. The lowest BCUT2D eigenvalue weighted by Gasteiger charge is -2.07. The van der Waals surface area contributed by atoms with Crippen molar-refractivity contribution in [2.45, 2.75) is 19.3 Å². The van der Waals surface area contributed by atoms with Gasteiger partial charge in [0.25, 0.3) is 0 Å². The molecule has 4 heteroatoms. The molecule has 4 aromatic carbocycles. The second-order valence-electron chi connectivity index (χ2n) is 7.90. The lowest BCUT2D eigenvalue weighted by molar-refractivity contribution is 0.564. The normalized spacial score (nSPS) is 10.2. The summed E-state index contributed by atoms with van der Waals surface area (Å²) in [6.45, 7) is 0. The average molecular weight is 431 g/mol. The van der Waals surface area contributed by atoms with E-state index >= 15 is 0 Å². The van der Waals surface area contributed by atoms with E-state index in [1.54, 1.807) is 12.2 Å². The Morgan fingerprint density at radius 1 is 0.394 bits per heavy atom. The summed E-state index contributed by atoms with van der Waals surface area (Å²) in [7, 11) is 0. The Morgan fingerprint density at radius 3 is 0.818 bits per heavy atom. The Balaban J connectivity index is 1.34. The molecule has 0 bridgehead atoms. The monoisotopic (exact) mass is 430 g/mol. The van der Waals surface area contributed by atoms with Crippen LogP contribution in [0.1, 0.15) is 33.4 Å². The summed E-state index contributed by atoms with van der Waals surface area (Å²) in [5.41, 5.74) is 8.62. The summed E-state index contributed by atoms with van der Waals surface area (Å²) < 4.78 is 0. The molecule has 0 N–H and O–H groups in total. The van der Waals surface area contributed by atoms with Crippen LogP contribution in [-0.4, -0.2) is 12.2 Å². The van der Waals surface area contributed by atoms with Crippen LogP contribution in [0.3, 0.4) is 0 Å². The van der Waals surface area contributed by atoms with Crippen molar-refractivity contribution in [3.8, 4) is 0 Å². The second-order valence-corrected chi connectivity index (χ2v) is 7.90. The van der Waals surface area contributed by atoms with Crippen molar-refractivity contribution in [1.82, 2.24) is 0 Å². The number of isocyanates is 2. The predicted octanol–water partition coefficient (Wildman–Crippen LogP) is 6.39. The van der Waals surface area contributed by atoms with Crippen LogP contribution in [0.4, 0.5) is 11.4 Å². The maximum atomic E-state index is 10.3. The Labute approximate surface area is 193 Å². The third-order valence-corrected chi connectivity index (χ3v) is 5.49. The number of carbonyl (C=O) groups excluding carboxylic acids is 2. The van der Waals surface area contributed by atoms with E-state index in [2.05, 4.69) is 58.5 Å². The highest BCUT2D eigenvalue weighted by Crippen LogP contribution is 2.19. The van der Waals surface area contributed by atoms with Gasteiger partial charge in [-0.1, -0.05) is 72.8 Å². The van der Waals surface area contributed by atoms with E-state index in [9.17, 15) is 9.59 Å². The van der Waals surface area contributed by atoms with Crippen molar-refractivity contribution in [3.63, 3.8) is 0 Å². The van der Waals surface area contributed by atoms with Gasteiger partial charge in [0.15, 0.2) is 0 Å². The molecule has 0 aliphatic carbocycles. The maximum absolute atomic E-state index is 10.3. The molecule has 0 saturated carbocycles. The van der Waals surface area contributed by atoms with Gasteiger partial charge in [0.2, 0.25) is 12.2 Å². The molecule has 160 valence electrons. The van der Waals surface area contributed by atoms with Gasteiger partial charge in [-0.25, -0.2) is 9.59 Å². The average Bonchev–Trinajstić information content (AvgIpc) is 2.84.